The van der Waals surface area contributed by atoms with Crippen molar-refractivity contribution in [3.63, 3.8) is 0 Å². The number of carboxylic acids is 2. The molecule has 6 heteroatoms. The number of nitrogens with one attached hydrogen (secondary N) is 1. The van der Waals surface area contributed by atoms with Gasteiger partial charge < -0.3 is 19.9 Å². The molecular weight excluding hydrogens is 262 g/mol. The molecule has 2 rings (SSSR count). The molecule has 0 spiro atoms. The molecule has 0 aliphatic carbocycles. The number of benzene rings is 1. The number of methoxy groups -OCH3 is 1. The van der Waals surface area contributed by atoms with Crippen LogP contribution >= 0.6 is 0 Å². The lowest BCUT2D eigenvalue weighted by Crippen LogP contribution is -2.16. The fourth-order valence-corrected chi connectivity index (χ4v) is 2.39. The minimum Gasteiger partial charge on any atom is -0.497 e. The zero-order valence-corrected chi connectivity index (χ0v) is 11.1. The van der Waals surface area contributed by atoms with Gasteiger partial charge in [0.25, 0.3) is 0 Å². The molecule has 20 heavy (non-hydrogen) atoms. The highest BCUT2D eigenvalue weighted by molar-refractivity contribution is 5.93. The molecule has 1 aromatic carbocycles. The summed E-state index contributed by atoms with van der Waals surface area (Å²) in [6, 6.07) is 5.26. The molecule has 1 aromatic heterocycles. The molecule has 0 amide bonds. The third-order valence-corrected chi connectivity index (χ3v) is 3.27. The highest BCUT2D eigenvalue weighted by atomic mass is 16.5. The number of aromatic amines is 1. The number of fused-ring (bicyclic) bond motifs is 1. The molecule has 3 N–H and O–H groups in total. The molecule has 1 atom stereocenters. The van der Waals surface area contributed by atoms with Crippen LogP contribution in [0.3, 0.4) is 0 Å². The second-order valence-corrected chi connectivity index (χ2v) is 4.56. The fraction of sp³-hybridized carbons (Fsp3) is 0.286. The van der Waals surface area contributed by atoms with E-state index in [9.17, 15) is 14.7 Å². The summed E-state index contributed by atoms with van der Waals surface area (Å²) in [5, 5.41) is 18.9. The molecule has 0 fully saturated rings. The van der Waals surface area contributed by atoms with Crippen molar-refractivity contribution in [2.45, 2.75) is 19.3 Å². The van der Waals surface area contributed by atoms with Gasteiger partial charge in [-0.1, -0.05) is 0 Å². The van der Waals surface area contributed by atoms with Crippen LogP contribution in [0.5, 0.6) is 5.75 Å². The van der Waals surface area contributed by atoms with E-state index in [2.05, 4.69) is 4.98 Å². The maximum atomic E-state index is 11.4. The number of aliphatic carboxylic acids is 2. The highest BCUT2D eigenvalue weighted by Crippen LogP contribution is 2.33. The Balaban J connectivity index is 2.63. The molecule has 1 heterocycles. The number of hydrogen-bond acceptors (Lipinski definition) is 3. The largest absolute Gasteiger partial charge is 0.497 e. The van der Waals surface area contributed by atoms with Gasteiger partial charge in [-0.05, 0) is 30.7 Å². The molecule has 0 radical (unpaired) electrons. The van der Waals surface area contributed by atoms with Gasteiger partial charge in [0.15, 0.2) is 0 Å². The number of hydrogen-bond donors (Lipinski definition) is 3. The zero-order valence-electron chi connectivity index (χ0n) is 11.1. The van der Waals surface area contributed by atoms with Crippen LogP contribution in [0.2, 0.25) is 0 Å². The SMILES string of the molecule is COc1ccc2[nH]c(C)c(C(CC(=O)O)C(=O)O)c2c1. The molecule has 6 nitrogen and oxygen atoms in total. The molecule has 0 saturated heterocycles. The first-order valence-corrected chi connectivity index (χ1v) is 6.05. The summed E-state index contributed by atoms with van der Waals surface area (Å²) in [5.74, 6) is -2.79. The van der Waals surface area contributed by atoms with Crippen LogP contribution in [-0.2, 0) is 9.59 Å². The van der Waals surface area contributed by atoms with Crippen LogP contribution in [0.1, 0.15) is 23.6 Å². The molecule has 106 valence electrons. The van der Waals surface area contributed by atoms with Crippen LogP contribution in [0, 0.1) is 6.92 Å². The van der Waals surface area contributed by atoms with E-state index in [1.54, 1.807) is 25.1 Å². The summed E-state index contributed by atoms with van der Waals surface area (Å²) in [5.41, 5.74) is 1.91. The van der Waals surface area contributed by atoms with Gasteiger partial charge in [0.05, 0.1) is 19.4 Å². The van der Waals surface area contributed by atoms with E-state index in [1.807, 2.05) is 0 Å². The van der Waals surface area contributed by atoms with E-state index >= 15 is 0 Å². The van der Waals surface area contributed by atoms with E-state index in [0.717, 1.165) is 5.52 Å². The lowest BCUT2D eigenvalue weighted by molar-refractivity contribution is -0.145. The van der Waals surface area contributed by atoms with Crippen LogP contribution in [0.4, 0.5) is 0 Å². The average molecular weight is 277 g/mol. The first-order chi connectivity index (χ1) is 9.43. The van der Waals surface area contributed by atoms with Gasteiger partial charge in [-0.15, -0.1) is 0 Å². The predicted octanol–water partition coefficient (Wildman–Crippen LogP) is 2.13. The fourth-order valence-electron chi connectivity index (χ4n) is 2.39. The number of aromatic nitrogens is 1. The zero-order chi connectivity index (χ0) is 14.9. The number of aryl methyl sites for hydroxylation is 1. The monoisotopic (exact) mass is 277 g/mol. The summed E-state index contributed by atoms with van der Waals surface area (Å²) in [6.07, 6.45) is -0.458. The molecule has 0 aliphatic heterocycles. The maximum Gasteiger partial charge on any atom is 0.311 e. The number of carbonyl (C=O) groups is 2. The summed E-state index contributed by atoms with van der Waals surface area (Å²) >= 11 is 0. The topological polar surface area (TPSA) is 99.6 Å². The van der Waals surface area contributed by atoms with E-state index in [0.29, 0.717) is 22.4 Å². The number of rotatable bonds is 5. The number of H-pyrrole nitrogens is 1. The normalized spacial score (nSPS) is 12.3. The Morgan fingerprint density at radius 2 is 2.05 bits per heavy atom. The van der Waals surface area contributed by atoms with Gasteiger partial charge in [0.1, 0.15) is 5.75 Å². The van der Waals surface area contributed by atoms with Crippen molar-refractivity contribution < 1.29 is 24.5 Å². The lowest BCUT2D eigenvalue weighted by atomic mass is 9.93. The minimum absolute atomic E-state index is 0.458. The summed E-state index contributed by atoms with van der Waals surface area (Å²) in [4.78, 5) is 25.3. The lowest BCUT2D eigenvalue weighted by Gasteiger charge is -2.11. The third kappa shape index (κ3) is 2.45. The van der Waals surface area contributed by atoms with E-state index in [1.165, 1.54) is 7.11 Å². The Morgan fingerprint density at radius 3 is 2.60 bits per heavy atom. The molecule has 0 aliphatic rings. The van der Waals surface area contributed by atoms with Crippen molar-refractivity contribution in [1.82, 2.24) is 4.98 Å². The first-order valence-electron chi connectivity index (χ1n) is 6.05. The van der Waals surface area contributed by atoms with Gasteiger partial charge in [-0.3, -0.25) is 9.59 Å². The Morgan fingerprint density at radius 1 is 1.35 bits per heavy atom. The standard InChI is InChI=1S/C14H15NO5/c1-7-13(10(14(18)19)6-12(16)17)9-5-8(20-2)3-4-11(9)15-7/h3-5,10,15H,6H2,1-2H3,(H,16,17)(H,18,19). The second-order valence-electron chi connectivity index (χ2n) is 4.56. The van der Waals surface area contributed by atoms with E-state index in [-0.39, 0.29) is 0 Å². The Kier molecular flexibility index (Phi) is 3.65. The van der Waals surface area contributed by atoms with Crippen LogP contribution in [0.25, 0.3) is 10.9 Å². The van der Waals surface area contributed by atoms with Gasteiger partial charge in [0, 0.05) is 16.6 Å². The highest BCUT2D eigenvalue weighted by Gasteiger charge is 2.28. The summed E-state index contributed by atoms with van der Waals surface area (Å²) < 4.78 is 5.13. The quantitative estimate of drug-likeness (QED) is 0.777. The summed E-state index contributed by atoms with van der Waals surface area (Å²) in [7, 11) is 1.52. The van der Waals surface area contributed by atoms with Crippen molar-refractivity contribution in [3.8, 4) is 5.75 Å². The van der Waals surface area contributed by atoms with Crippen molar-refractivity contribution in [1.29, 1.82) is 0 Å². The third-order valence-electron chi connectivity index (χ3n) is 3.27. The van der Waals surface area contributed by atoms with Gasteiger partial charge in [-0.25, -0.2) is 0 Å². The Hall–Kier alpha value is -2.50. The number of carboxylic acid groups (broad SMARTS) is 2. The van der Waals surface area contributed by atoms with Crippen LogP contribution in [0.15, 0.2) is 18.2 Å². The van der Waals surface area contributed by atoms with Crippen molar-refractivity contribution >= 4 is 22.8 Å². The van der Waals surface area contributed by atoms with E-state index in [4.69, 9.17) is 9.84 Å². The maximum absolute atomic E-state index is 11.4. The van der Waals surface area contributed by atoms with Crippen LogP contribution < -0.4 is 4.74 Å². The van der Waals surface area contributed by atoms with E-state index < -0.39 is 24.3 Å². The summed E-state index contributed by atoms with van der Waals surface area (Å²) in [6.45, 7) is 1.74. The van der Waals surface area contributed by atoms with Crippen molar-refractivity contribution in [2.75, 3.05) is 7.11 Å². The Bertz CT molecular complexity index is 673. The molecule has 0 saturated carbocycles. The molecule has 1 unspecified atom stereocenters. The average Bonchev–Trinajstić information content (AvgIpc) is 2.70. The first kappa shape index (κ1) is 13.9. The van der Waals surface area contributed by atoms with Gasteiger partial charge in [-0.2, -0.15) is 0 Å². The second kappa shape index (κ2) is 5.24. The van der Waals surface area contributed by atoms with Gasteiger partial charge >= 0.3 is 11.9 Å². The number of ether oxygens (including phenoxy) is 1. The Labute approximate surface area is 115 Å². The predicted molar refractivity (Wildman–Crippen MR) is 72.2 cm³/mol. The van der Waals surface area contributed by atoms with Crippen molar-refractivity contribution in [2.24, 2.45) is 0 Å². The molecular formula is C14H15NO5. The minimum atomic E-state index is -1.15. The molecule has 0 bridgehead atoms. The van der Waals surface area contributed by atoms with Crippen LogP contribution in [-0.4, -0.2) is 34.2 Å². The molecule has 2 aromatic rings. The van der Waals surface area contributed by atoms with Gasteiger partial charge in [0.2, 0.25) is 0 Å². The smallest absolute Gasteiger partial charge is 0.311 e. The van der Waals surface area contributed by atoms with Crippen molar-refractivity contribution in [3.05, 3.63) is 29.5 Å².